The molecule has 3 aromatic rings. The van der Waals surface area contributed by atoms with Gasteiger partial charge >= 0.3 is 0 Å². The van der Waals surface area contributed by atoms with E-state index in [1.807, 2.05) is 36.4 Å². The molecule has 0 bridgehead atoms. The van der Waals surface area contributed by atoms with Crippen LogP contribution in [-0.4, -0.2) is 29.2 Å². The van der Waals surface area contributed by atoms with E-state index in [1.165, 1.54) is 0 Å². The summed E-state index contributed by atoms with van der Waals surface area (Å²) < 4.78 is 5.46. The zero-order valence-electron chi connectivity index (χ0n) is 17.3. The summed E-state index contributed by atoms with van der Waals surface area (Å²) in [5.41, 5.74) is 16.5. The van der Waals surface area contributed by atoms with Gasteiger partial charge in [-0.25, -0.2) is 9.97 Å². The van der Waals surface area contributed by atoms with Crippen LogP contribution in [0.2, 0.25) is 5.02 Å². The summed E-state index contributed by atoms with van der Waals surface area (Å²) in [5, 5.41) is 1.59. The number of nitrogens with two attached hydrogens (primary N) is 2. The summed E-state index contributed by atoms with van der Waals surface area (Å²) >= 11 is 6.29. The number of ether oxygens (including phenoxy) is 1. The maximum absolute atomic E-state index is 6.67. The van der Waals surface area contributed by atoms with Gasteiger partial charge in [-0.1, -0.05) is 37.2 Å². The molecular formula is C24H27ClN4O. The average molecular weight is 423 g/mol. The molecule has 1 aliphatic rings. The topological polar surface area (TPSA) is 87.0 Å². The van der Waals surface area contributed by atoms with Crippen molar-refractivity contribution in [2.45, 2.75) is 37.8 Å². The number of halogens is 1. The minimum absolute atomic E-state index is 0.0795. The SMILES string of the molecule is C=Cc1ccc(Cl)cc1-c1nc(C2CCC(N)C(C)C2N)c2cc(OC)ccc2n1. The zero-order valence-corrected chi connectivity index (χ0v) is 18.1. The molecule has 4 unspecified atom stereocenters. The molecule has 0 aliphatic heterocycles. The summed E-state index contributed by atoms with van der Waals surface area (Å²) in [4.78, 5) is 9.88. The van der Waals surface area contributed by atoms with Crippen molar-refractivity contribution in [3.8, 4) is 17.1 Å². The lowest BCUT2D eigenvalue weighted by Gasteiger charge is -2.38. The highest BCUT2D eigenvalue weighted by Crippen LogP contribution is 2.39. The van der Waals surface area contributed by atoms with Gasteiger partial charge in [-0.3, -0.25) is 0 Å². The first-order valence-electron chi connectivity index (χ1n) is 10.2. The molecule has 30 heavy (non-hydrogen) atoms. The minimum Gasteiger partial charge on any atom is -0.497 e. The van der Waals surface area contributed by atoms with Gasteiger partial charge in [0.2, 0.25) is 0 Å². The molecule has 4 N–H and O–H groups in total. The highest BCUT2D eigenvalue weighted by molar-refractivity contribution is 6.31. The molecule has 0 spiro atoms. The van der Waals surface area contributed by atoms with Gasteiger partial charge in [0.1, 0.15) is 5.75 Å². The number of methoxy groups -OCH3 is 1. The monoisotopic (exact) mass is 422 g/mol. The van der Waals surface area contributed by atoms with Crippen LogP contribution in [-0.2, 0) is 0 Å². The Bertz CT molecular complexity index is 1100. The van der Waals surface area contributed by atoms with Crippen LogP contribution in [0.15, 0.2) is 43.0 Å². The fourth-order valence-electron chi connectivity index (χ4n) is 4.36. The lowest BCUT2D eigenvalue weighted by atomic mass is 9.73. The van der Waals surface area contributed by atoms with E-state index >= 15 is 0 Å². The molecule has 2 aromatic carbocycles. The van der Waals surface area contributed by atoms with Crippen LogP contribution in [0.25, 0.3) is 28.4 Å². The molecular weight excluding hydrogens is 396 g/mol. The lowest BCUT2D eigenvalue weighted by molar-refractivity contribution is 0.253. The molecule has 0 saturated heterocycles. The molecule has 1 aromatic heterocycles. The third kappa shape index (κ3) is 3.69. The molecule has 1 saturated carbocycles. The third-order valence-corrected chi connectivity index (χ3v) is 6.55. The molecule has 156 valence electrons. The first kappa shape index (κ1) is 20.8. The van der Waals surface area contributed by atoms with Crippen LogP contribution in [0.5, 0.6) is 5.75 Å². The van der Waals surface area contributed by atoms with Crippen molar-refractivity contribution >= 4 is 28.6 Å². The predicted molar refractivity (Wildman–Crippen MR) is 124 cm³/mol. The lowest BCUT2D eigenvalue weighted by Crippen LogP contribution is -2.48. The van der Waals surface area contributed by atoms with Gasteiger partial charge in [-0.05, 0) is 54.7 Å². The summed E-state index contributed by atoms with van der Waals surface area (Å²) in [6.07, 6.45) is 3.60. The number of hydrogen-bond acceptors (Lipinski definition) is 5. The molecule has 0 radical (unpaired) electrons. The van der Waals surface area contributed by atoms with Gasteiger partial charge in [0.25, 0.3) is 0 Å². The Kier molecular flexibility index (Phi) is 5.78. The van der Waals surface area contributed by atoms with Crippen molar-refractivity contribution in [3.05, 3.63) is 59.3 Å². The van der Waals surface area contributed by atoms with Gasteiger partial charge in [0.05, 0.1) is 18.3 Å². The summed E-state index contributed by atoms with van der Waals surface area (Å²) in [6.45, 7) is 6.05. The van der Waals surface area contributed by atoms with Crippen molar-refractivity contribution in [1.82, 2.24) is 9.97 Å². The molecule has 1 heterocycles. The Morgan fingerprint density at radius 3 is 2.67 bits per heavy atom. The molecule has 4 atom stereocenters. The minimum atomic E-state index is -0.0795. The van der Waals surface area contributed by atoms with Crippen molar-refractivity contribution < 1.29 is 4.74 Å². The maximum atomic E-state index is 6.67. The van der Waals surface area contributed by atoms with E-state index in [4.69, 9.17) is 37.8 Å². The normalized spacial score (nSPS) is 24.0. The fourth-order valence-corrected chi connectivity index (χ4v) is 4.53. The van der Waals surface area contributed by atoms with Crippen LogP contribution in [0.3, 0.4) is 0 Å². The molecule has 1 aliphatic carbocycles. The van der Waals surface area contributed by atoms with Crippen LogP contribution >= 0.6 is 11.6 Å². The first-order chi connectivity index (χ1) is 14.4. The third-order valence-electron chi connectivity index (χ3n) is 6.32. The van der Waals surface area contributed by atoms with E-state index in [0.717, 1.165) is 46.3 Å². The van der Waals surface area contributed by atoms with Crippen molar-refractivity contribution in [1.29, 1.82) is 0 Å². The summed E-state index contributed by atoms with van der Waals surface area (Å²) in [6, 6.07) is 11.6. The second-order valence-electron chi connectivity index (χ2n) is 8.04. The number of benzene rings is 2. The van der Waals surface area contributed by atoms with Gasteiger partial charge in [0, 0.05) is 34.0 Å². The number of rotatable bonds is 4. The van der Waals surface area contributed by atoms with Gasteiger partial charge in [-0.2, -0.15) is 0 Å². The Morgan fingerprint density at radius 1 is 1.13 bits per heavy atom. The van der Waals surface area contributed by atoms with E-state index in [0.29, 0.717) is 10.8 Å². The molecule has 4 rings (SSSR count). The highest BCUT2D eigenvalue weighted by atomic mass is 35.5. The fraction of sp³-hybridized carbons (Fsp3) is 0.333. The van der Waals surface area contributed by atoms with E-state index in [-0.39, 0.29) is 23.9 Å². The first-order valence-corrected chi connectivity index (χ1v) is 10.6. The highest BCUT2D eigenvalue weighted by Gasteiger charge is 2.35. The second kappa shape index (κ2) is 8.34. The van der Waals surface area contributed by atoms with Crippen LogP contribution in [0.1, 0.15) is 36.9 Å². The molecule has 0 amide bonds. The van der Waals surface area contributed by atoms with Gasteiger partial charge < -0.3 is 16.2 Å². The second-order valence-corrected chi connectivity index (χ2v) is 8.47. The number of fused-ring (bicyclic) bond motifs is 1. The van der Waals surface area contributed by atoms with Crippen molar-refractivity contribution in [2.24, 2.45) is 17.4 Å². The summed E-state index contributed by atoms with van der Waals surface area (Å²) in [7, 11) is 1.66. The number of nitrogens with zero attached hydrogens (tertiary/aromatic N) is 2. The quantitative estimate of drug-likeness (QED) is 0.632. The van der Waals surface area contributed by atoms with Crippen LogP contribution in [0.4, 0.5) is 0 Å². The smallest absolute Gasteiger partial charge is 0.160 e. The van der Waals surface area contributed by atoms with E-state index in [9.17, 15) is 0 Å². The van der Waals surface area contributed by atoms with Crippen molar-refractivity contribution in [2.75, 3.05) is 7.11 Å². The zero-order chi connectivity index (χ0) is 21.4. The standard InChI is InChI=1S/C24H27ClN4O/c1-4-14-5-6-15(25)11-18(14)24-28-21-10-7-16(30-3)12-19(21)23(29-24)17-8-9-20(26)13(2)22(17)27/h4-7,10-13,17,20,22H,1,8-9,26-27H2,2-3H3. The van der Waals surface area contributed by atoms with E-state index in [1.54, 1.807) is 13.2 Å². The predicted octanol–water partition coefficient (Wildman–Crippen LogP) is 4.77. The Balaban J connectivity index is 1.95. The largest absolute Gasteiger partial charge is 0.497 e. The molecule has 5 nitrogen and oxygen atoms in total. The summed E-state index contributed by atoms with van der Waals surface area (Å²) in [5.74, 6) is 1.68. The Morgan fingerprint density at radius 2 is 1.93 bits per heavy atom. The van der Waals surface area contributed by atoms with Crippen molar-refractivity contribution in [3.63, 3.8) is 0 Å². The van der Waals surface area contributed by atoms with E-state index < -0.39 is 0 Å². The number of hydrogen-bond donors (Lipinski definition) is 2. The Labute approximate surface area is 182 Å². The maximum Gasteiger partial charge on any atom is 0.160 e. The average Bonchev–Trinajstić information content (AvgIpc) is 2.76. The van der Waals surface area contributed by atoms with Crippen LogP contribution in [0, 0.1) is 5.92 Å². The van der Waals surface area contributed by atoms with Gasteiger partial charge in [-0.15, -0.1) is 0 Å². The number of aromatic nitrogens is 2. The van der Waals surface area contributed by atoms with Crippen LogP contribution < -0.4 is 16.2 Å². The van der Waals surface area contributed by atoms with E-state index in [2.05, 4.69) is 13.5 Å². The molecule has 1 fully saturated rings. The molecule has 6 heteroatoms. The Hall–Kier alpha value is -2.47. The van der Waals surface area contributed by atoms with Gasteiger partial charge in [0.15, 0.2) is 5.82 Å².